The van der Waals surface area contributed by atoms with Crippen LogP contribution in [0.1, 0.15) is 32.9 Å². The molecule has 0 spiro atoms. The first kappa shape index (κ1) is 15.4. The van der Waals surface area contributed by atoms with Crippen molar-refractivity contribution in [1.29, 1.82) is 0 Å². The van der Waals surface area contributed by atoms with Gasteiger partial charge in [0.15, 0.2) is 0 Å². The number of aliphatic hydroxyl groups is 1. The fourth-order valence-electron chi connectivity index (χ4n) is 2.48. The number of para-hydroxylation sites is 1. The van der Waals surface area contributed by atoms with Crippen molar-refractivity contribution in [3.63, 3.8) is 0 Å². The van der Waals surface area contributed by atoms with Gasteiger partial charge in [0.05, 0.1) is 5.02 Å². The van der Waals surface area contributed by atoms with Crippen molar-refractivity contribution in [3.8, 4) is 0 Å². The number of nitrogens with one attached hydrogen (secondary N) is 2. The largest absolute Gasteiger partial charge is 0.396 e. The lowest BCUT2D eigenvalue weighted by molar-refractivity contribution is 0.196. The molecule has 1 unspecified atom stereocenters. The van der Waals surface area contributed by atoms with E-state index in [0.29, 0.717) is 6.54 Å². The molecule has 110 valence electrons. The highest BCUT2D eigenvalue weighted by Gasteiger charge is 2.24. The predicted octanol–water partition coefficient (Wildman–Crippen LogP) is 3.71. The Morgan fingerprint density at radius 1 is 1.30 bits per heavy atom. The van der Waals surface area contributed by atoms with E-state index in [4.69, 9.17) is 11.6 Å². The minimum absolute atomic E-state index is 0.0984. The van der Waals surface area contributed by atoms with Gasteiger partial charge in [-0.2, -0.15) is 0 Å². The summed E-state index contributed by atoms with van der Waals surface area (Å²) in [7, 11) is 0. The van der Waals surface area contributed by atoms with Crippen molar-refractivity contribution in [3.05, 3.63) is 35.0 Å². The Kier molecular flexibility index (Phi) is 4.74. The van der Waals surface area contributed by atoms with Crippen LogP contribution in [0.25, 0.3) is 10.9 Å². The Morgan fingerprint density at radius 2 is 2.00 bits per heavy atom. The molecule has 1 heterocycles. The maximum atomic E-state index is 9.19. The number of H-pyrrole nitrogens is 1. The van der Waals surface area contributed by atoms with E-state index >= 15 is 0 Å². The summed E-state index contributed by atoms with van der Waals surface area (Å²) in [5, 5.41) is 14.5. The van der Waals surface area contributed by atoms with Crippen LogP contribution in [-0.4, -0.2) is 22.7 Å². The Hall–Kier alpha value is -1.03. The molecule has 0 saturated carbocycles. The second-order valence-electron chi connectivity index (χ2n) is 6.27. The summed E-state index contributed by atoms with van der Waals surface area (Å²) < 4.78 is 0. The summed E-state index contributed by atoms with van der Waals surface area (Å²) in [6, 6.07) is 8.28. The number of rotatable bonds is 5. The number of halogens is 1. The molecule has 0 amide bonds. The Morgan fingerprint density at radius 3 is 2.60 bits per heavy atom. The number of fused-ring (bicyclic) bond motifs is 1. The second kappa shape index (κ2) is 6.17. The number of hydrogen-bond acceptors (Lipinski definition) is 2. The Balaban J connectivity index is 2.14. The molecule has 0 radical (unpaired) electrons. The first-order chi connectivity index (χ1) is 9.43. The SMILES string of the molecule is CC(C)(C)C(CCO)NCc1[nH]c2ccccc2c1Cl. The van der Waals surface area contributed by atoms with Crippen LogP contribution in [-0.2, 0) is 6.54 Å². The summed E-state index contributed by atoms with van der Waals surface area (Å²) in [6.45, 7) is 7.39. The predicted molar refractivity (Wildman–Crippen MR) is 85.1 cm³/mol. The fourth-order valence-corrected chi connectivity index (χ4v) is 2.76. The summed E-state index contributed by atoms with van der Waals surface area (Å²) in [4.78, 5) is 3.36. The topological polar surface area (TPSA) is 48.0 Å². The van der Waals surface area contributed by atoms with E-state index in [1.807, 2.05) is 24.3 Å². The quantitative estimate of drug-likeness (QED) is 0.787. The molecular weight excluding hydrogens is 272 g/mol. The van der Waals surface area contributed by atoms with Gasteiger partial charge in [-0.15, -0.1) is 0 Å². The van der Waals surface area contributed by atoms with Crippen LogP contribution >= 0.6 is 11.6 Å². The first-order valence-corrected chi connectivity index (χ1v) is 7.40. The van der Waals surface area contributed by atoms with E-state index in [0.717, 1.165) is 28.0 Å². The molecule has 1 aromatic carbocycles. The van der Waals surface area contributed by atoms with E-state index < -0.39 is 0 Å². The first-order valence-electron chi connectivity index (χ1n) is 7.03. The molecule has 0 aliphatic rings. The van der Waals surface area contributed by atoms with Crippen molar-refractivity contribution in [2.24, 2.45) is 5.41 Å². The molecule has 3 nitrogen and oxygen atoms in total. The average Bonchev–Trinajstić information content (AvgIpc) is 2.71. The third-order valence-corrected chi connectivity index (χ3v) is 4.13. The number of aromatic amines is 1. The molecule has 4 heteroatoms. The molecule has 0 aliphatic heterocycles. The second-order valence-corrected chi connectivity index (χ2v) is 6.65. The van der Waals surface area contributed by atoms with E-state index in [1.54, 1.807) is 0 Å². The number of hydrogen-bond donors (Lipinski definition) is 3. The van der Waals surface area contributed by atoms with Crippen LogP contribution in [0, 0.1) is 5.41 Å². The molecule has 1 aromatic heterocycles. The van der Waals surface area contributed by atoms with Gasteiger partial charge in [-0.3, -0.25) is 0 Å². The zero-order valence-corrected chi connectivity index (χ0v) is 13.1. The van der Waals surface area contributed by atoms with Crippen LogP contribution in [0.4, 0.5) is 0 Å². The van der Waals surface area contributed by atoms with Gasteiger partial charge in [0.25, 0.3) is 0 Å². The monoisotopic (exact) mass is 294 g/mol. The summed E-state index contributed by atoms with van der Waals surface area (Å²) in [5.74, 6) is 0. The van der Waals surface area contributed by atoms with E-state index in [9.17, 15) is 5.11 Å². The highest BCUT2D eigenvalue weighted by molar-refractivity contribution is 6.36. The molecule has 0 saturated heterocycles. The van der Waals surface area contributed by atoms with E-state index in [2.05, 4.69) is 31.1 Å². The van der Waals surface area contributed by atoms with Gasteiger partial charge in [-0.05, 0) is 17.9 Å². The lowest BCUT2D eigenvalue weighted by atomic mass is 9.85. The lowest BCUT2D eigenvalue weighted by Crippen LogP contribution is -2.40. The van der Waals surface area contributed by atoms with Gasteiger partial charge in [0.2, 0.25) is 0 Å². The lowest BCUT2D eigenvalue weighted by Gasteiger charge is -2.31. The van der Waals surface area contributed by atoms with Crippen molar-refractivity contribution in [1.82, 2.24) is 10.3 Å². The third-order valence-electron chi connectivity index (χ3n) is 3.70. The molecule has 20 heavy (non-hydrogen) atoms. The average molecular weight is 295 g/mol. The van der Waals surface area contributed by atoms with E-state index in [1.165, 1.54) is 0 Å². The van der Waals surface area contributed by atoms with Crippen LogP contribution in [0.2, 0.25) is 5.02 Å². The van der Waals surface area contributed by atoms with Crippen molar-refractivity contribution in [2.45, 2.75) is 39.8 Å². The maximum absolute atomic E-state index is 9.19. The molecule has 0 bridgehead atoms. The number of benzene rings is 1. The normalized spacial score (nSPS) is 13.8. The van der Waals surface area contributed by atoms with Crippen molar-refractivity contribution < 1.29 is 5.11 Å². The Labute approximate surface area is 125 Å². The maximum Gasteiger partial charge on any atom is 0.0705 e. The summed E-state index contributed by atoms with van der Waals surface area (Å²) in [5.41, 5.74) is 2.16. The van der Waals surface area contributed by atoms with Gasteiger partial charge in [-0.25, -0.2) is 0 Å². The number of aromatic nitrogens is 1. The fraction of sp³-hybridized carbons (Fsp3) is 0.500. The Bertz CT molecular complexity index is 571. The summed E-state index contributed by atoms with van der Waals surface area (Å²) in [6.07, 6.45) is 0.737. The molecule has 3 N–H and O–H groups in total. The number of aliphatic hydroxyl groups excluding tert-OH is 1. The molecule has 1 atom stereocenters. The van der Waals surface area contributed by atoms with E-state index in [-0.39, 0.29) is 18.1 Å². The van der Waals surface area contributed by atoms with Gasteiger partial charge in [0, 0.05) is 35.8 Å². The smallest absolute Gasteiger partial charge is 0.0705 e. The molecule has 2 rings (SSSR count). The molecule has 0 fully saturated rings. The van der Waals surface area contributed by atoms with Crippen LogP contribution < -0.4 is 5.32 Å². The highest BCUT2D eigenvalue weighted by atomic mass is 35.5. The van der Waals surface area contributed by atoms with Gasteiger partial charge >= 0.3 is 0 Å². The van der Waals surface area contributed by atoms with Crippen LogP contribution in [0.15, 0.2) is 24.3 Å². The minimum atomic E-state index is 0.0984. The van der Waals surface area contributed by atoms with Gasteiger partial charge in [-0.1, -0.05) is 50.6 Å². The molecule has 2 aromatic rings. The van der Waals surface area contributed by atoms with Crippen LogP contribution in [0.3, 0.4) is 0 Å². The minimum Gasteiger partial charge on any atom is -0.396 e. The van der Waals surface area contributed by atoms with Gasteiger partial charge in [0.1, 0.15) is 0 Å². The summed E-state index contributed by atoms with van der Waals surface area (Å²) >= 11 is 6.41. The zero-order chi connectivity index (χ0) is 14.8. The van der Waals surface area contributed by atoms with Crippen molar-refractivity contribution in [2.75, 3.05) is 6.61 Å². The highest BCUT2D eigenvalue weighted by Crippen LogP contribution is 2.28. The van der Waals surface area contributed by atoms with Crippen molar-refractivity contribution >= 4 is 22.5 Å². The molecular formula is C16H23ClN2O. The third kappa shape index (κ3) is 3.35. The molecule has 0 aliphatic carbocycles. The van der Waals surface area contributed by atoms with Crippen LogP contribution in [0.5, 0.6) is 0 Å². The standard InChI is InChI=1S/C16H23ClN2O/c1-16(2,3)14(8-9-20)18-10-13-15(17)11-6-4-5-7-12(11)19-13/h4-7,14,18-20H,8-10H2,1-3H3. The van der Waals surface area contributed by atoms with Gasteiger partial charge < -0.3 is 15.4 Å². The zero-order valence-electron chi connectivity index (χ0n) is 12.3.